The van der Waals surface area contributed by atoms with Crippen molar-refractivity contribution in [3.05, 3.63) is 60.5 Å². The van der Waals surface area contributed by atoms with Gasteiger partial charge >= 0.3 is 0 Å². The van der Waals surface area contributed by atoms with E-state index in [-0.39, 0.29) is 11.8 Å². The van der Waals surface area contributed by atoms with E-state index < -0.39 is 0 Å². The molecule has 0 radical (unpaired) electrons. The minimum absolute atomic E-state index is 0.0525. The van der Waals surface area contributed by atoms with Crippen LogP contribution in [0.5, 0.6) is 0 Å². The molecule has 0 aliphatic carbocycles. The molecule has 0 saturated carbocycles. The van der Waals surface area contributed by atoms with E-state index in [0.29, 0.717) is 49.7 Å². The standard InChI is InChI=1S/C21H23N5O3/c1-24-14-17(20(23-24)18-8-5-13-29-18)21(28)26-11-9-25(10-12-26)15-19(27)22-16-6-3-2-4-7-16/h2-8,13-14H,9-12,15H2,1H3,(H,22,27). The van der Waals surface area contributed by atoms with E-state index in [1.807, 2.05) is 30.3 Å². The monoisotopic (exact) mass is 393 g/mol. The van der Waals surface area contributed by atoms with Crippen molar-refractivity contribution >= 4 is 17.5 Å². The molecular weight excluding hydrogens is 370 g/mol. The number of anilines is 1. The molecule has 29 heavy (non-hydrogen) atoms. The molecule has 0 unspecified atom stereocenters. The lowest BCUT2D eigenvalue weighted by Crippen LogP contribution is -2.50. The Labute approximate surface area is 168 Å². The molecule has 8 heteroatoms. The van der Waals surface area contributed by atoms with E-state index in [2.05, 4.69) is 15.3 Å². The van der Waals surface area contributed by atoms with Gasteiger partial charge < -0.3 is 14.6 Å². The van der Waals surface area contributed by atoms with Crippen LogP contribution in [0.25, 0.3) is 11.5 Å². The molecule has 3 heterocycles. The Morgan fingerprint density at radius 2 is 1.83 bits per heavy atom. The smallest absolute Gasteiger partial charge is 0.257 e. The first-order chi connectivity index (χ1) is 14.1. The van der Waals surface area contributed by atoms with Gasteiger partial charge in [-0.05, 0) is 24.3 Å². The van der Waals surface area contributed by atoms with Crippen molar-refractivity contribution in [1.82, 2.24) is 19.6 Å². The first-order valence-corrected chi connectivity index (χ1v) is 9.54. The van der Waals surface area contributed by atoms with E-state index in [0.717, 1.165) is 5.69 Å². The molecule has 0 bridgehead atoms. The number of benzene rings is 1. The summed E-state index contributed by atoms with van der Waals surface area (Å²) >= 11 is 0. The van der Waals surface area contributed by atoms with Gasteiger partial charge in [-0.25, -0.2) is 0 Å². The lowest BCUT2D eigenvalue weighted by atomic mass is 10.1. The number of hydrogen-bond donors (Lipinski definition) is 1. The lowest BCUT2D eigenvalue weighted by Gasteiger charge is -2.34. The van der Waals surface area contributed by atoms with Gasteiger partial charge in [0.2, 0.25) is 5.91 Å². The third-order valence-electron chi connectivity index (χ3n) is 4.90. The van der Waals surface area contributed by atoms with E-state index in [1.165, 1.54) is 0 Å². The topological polar surface area (TPSA) is 83.6 Å². The van der Waals surface area contributed by atoms with Crippen molar-refractivity contribution in [2.24, 2.45) is 7.05 Å². The van der Waals surface area contributed by atoms with E-state index in [9.17, 15) is 9.59 Å². The number of carbonyl (C=O) groups is 2. The summed E-state index contributed by atoms with van der Waals surface area (Å²) in [4.78, 5) is 29.1. The first kappa shape index (κ1) is 18.9. The van der Waals surface area contributed by atoms with Crippen LogP contribution in [0.3, 0.4) is 0 Å². The Morgan fingerprint density at radius 3 is 2.52 bits per heavy atom. The zero-order valence-corrected chi connectivity index (χ0v) is 16.2. The van der Waals surface area contributed by atoms with Crippen LogP contribution in [0.2, 0.25) is 0 Å². The van der Waals surface area contributed by atoms with Gasteiger partial charge in [0, 0.05) is 45.1 Å². The molecule has 2 amide bonds. The number of furan rings is 1. The molecule has 1 N–H and O–H groups in total. The third-order valence-corrected chi connectivity index (χ3v) is 4.90. The number of amides is 2. The lowest BCUT2D eigenvalue weighted by molar-refractivity contribution is -0.117. The Morgan fingerprint density at radius 1 is 1.07 bits per heavy atom. The van der Waals surface area contributed by atoms with Crippen LogP contribution in [-0.2, 0) is 11.8 Å². The van der Waals surface area contributed by atoms with Crippen LogP contribution in [0.1, 0.15) is 10.4 Å². The van der Waals surface area contributed by atoms with Crippen LogP contribution in [0.4, 0.5) is 5.69 Å². The highest BCUT2D eigenvalue weighted by molar-refractivity contribution is 5.99. The Bertz CT molecular complexity index is 973. The first-order valence-electron chi connectivity index (χ1n) is 9.54. The van der Waals surface area contributed by atoms with Gasteiger partial charge in [0.15, 0.2) is 5.76 Å². The highest BCUT2D eigenvalue weighted by atomic mass is 16.3. The zero-order chi connectivity index (χ0) is 20.2. The quantitative estimate of drug-likeness (QED) is 0.718. The predicted octanol–water partition coefficient (Wildman–Crippen LogP) is 2.08. The zero-order valence-electron chi connectivity index (χ0n) is 16.2. The number of hydrogen-bond acceptors (Lipinski definition) is 5. The van der Waals surface area contributed by atoms with Gasteiger partial charge in [-0.2, -0.15) is 5.10 Å². The summed E-state index contributed by atoms with van der Waals surface area (Å²) in [7, 11) is 1.78. The summed E-state index contributed by atoms with van der Waals surface area (Å²) in [6, 6.07) is 13.0. The average Bonchev–Trinajstić information content (AvgIpc) is 3.38. The summed E-state index contributed by atoms with van der Waals surface area (Å²) < 4.78 is 7.04. The molecule has 1 fully saturated rings. The number of rotatable bonds is 5. The maximum atomic E-state index is 13.0. The van der Waals surface area contributed by atoms with Crippen LogP contribution < -0.4 is 5.32 Å². The van der Waals surface area contributed by atoms with Crippen molar-refractivity contribution in [2.75, 3.05) is 38.0 Å². The largest absolute Gasteiger partial charge is 0.463 e. The van der Waals surface area contributed by atoms with Crippen molar-refractivity contribution in [2.45, 2.75) is 0 Å². The molecule has 1 aliphatic rings. The second-order valence-corrected chi connectivity index (χ2v) is 7.02. The number of carbonyl (C=O) groups excluding carboxylic acids is 2. The molecule has 3 aromatic rings. The van der Waals surface area contributed by atoms with Crippen LogP contribution in [-0.4, -0.2) is 64.1 Å². The van der Waals surface area contributed by atoms with Crippen molar-refractivity contribution in [3.63, 3.8) is 0 Å². The maximum Gasteiger partial charge on any atom is 0.257 e. The highest BCUT2D eigenvalue weighted by Crippen LogP contribution is 2.24. The van der Waals surface area contributed by atoms with Gasteiger partial charge in [-0.15, -0.1) is 0 Å². The number of aryl methyl sites for hydroxylation is 1. The second kappa shape index (κ2) is 8.32. The van der Waals surface area contributed by atoms with E-state index in [4.69, 9.17) is 4.42 Å². The minimum Gasteiger partial charge on any atom is -0.463 e. The number of aromatic nitrogens is 2. The minimum atomic E-state index is -0.0714. The molecular formula is C21H23N5O3. The fourth-order valence-electron chi connectivity index (χ4n) is 3.44. The van der Waals surface area contributed by atoms with Gasteiger partial charge in [0.1, 0.15) is 5.69 Å². The Hall–Kier alpha value is -3.39. The number of para-hydroxylation sites is 1. The molecule has 2 aromatic heterocycles. The van der Waals surface area contributed by atoms with E-state index in [1.54, 1.807) is 41.2 Å². The summed E-state index contributed by atoms with van der Waals surface area (Å²) in [5, 5.41) is 7.27. The summed E-state index contributed by atoms with van der Waals surface area (Å²) in [6.07, 6.45) is 3.29. The fourth-order valence-corrected chi connectivity index (χ4v) is 3.44. The molecule has 0 atom stereocenters. The van der Waals surface area contributed by atoms with Crippen LogP contribution in [0, 0.1) is 0 Å². The van der Waals surface area contributed by atoms with Gasteiger partial charge in [0.05, 0.1) is 18.4 Å². The van der Waals surface area contributed by atoms with Crippen molar-refractivity contribution < 1.29 is 14.0 Å². The number of nitrogens with one attached hydrogen (secondary N) is 1. The second-order valence-electron chi connectivity index (χ2n) is 7.02. The SMILES string of the molecule is Cn1cc(C(=O)N2CCN(CC(=O)Nc3ccccc3)CC2)c(-c2ccco2)n1. The van der Waals surface area contributed by atoms with E-state index >= 15 is 0 Å². The molecule has 0 spiro atoms. The van der Waals surface area contributed by atoms with Gasteiger partial charge in [-0.1, -0.05) is 18.2 Å². The summed E-state index contributed by atoms with van der Waals surface area (Å²) in [6.45, 7) is 2.71. The van der Waals surface area contributed by atoms with Crippen molar-refractivity contribution in [3.8, 4) is 11.5 Å². The normalized spacial score (nSPS) is 14.7. The molecule has 8 nitrogen and oxygen atoms in total. The fraction of sp³-hybridized carbons (Fsp3) is 0.286. The summed E-state index contributed by atoms with van der Waals surface area (Å²) in [5.41, 5.74) is 1.86. The third kappa shape index (κ3) is 4.38. The van der Waals surface area contributed by atoms with Crippen molar-refractivity contribution in [1.29, 1.82) is 0 Å². The average molecular weight is 393 g/mol. The van der Waals surface area contributed by atoms with Crippen LogP contribution >= 0.6 is 0 Å². The molecule has 1 aromatic carbocycles. The van der Waals surface area contributed by atoms with Gasteiger partial charge in [-0.3, -0.25) is 19.2 Å². The summed E-state index contributed by atoms with van der Waals surface area (Å²) in [5.74, 6) is 0.450. The molecule has 150 valence electrons. The molecule has 1 saturated heterocycles. The van der Waals surface area contributed by atoms with Gasteiger partial charge in [0.25, 0.3) is 5.91 Å². The number of nitrogens with zero attached hydrogens (tertiary/aromatic N) is 4. The Kier molecular flexibility index (Phi) is 5.44. The highest BCUT2D eigenvalue weighted by Gasteiger charge is 2.27. The maximum absolute atomic E-state index is 13.0. The number of piperazine rings is 1. The molecule has 1 aliphatic heterocycles. The van der Waals surface area contributed by atoms with Crippen LogP contribution in [0.15, 0.2) is 59.3 Å². The molecule has 4 rings (SSSR count). The Balaban J connectivity index is 1.34. The predicted molar refractivity (Wildman–Crippen MR) is 108 cm³/mol.